The highest BCUT2D eigenvalue weighted by Crippen LogP contribution is 2.28. The largest absolute Gasteiger partial charge is 0.494 e. The average molecular weight is 523 g/mol. The second kappa shape index (κ2) is 14.8. The molecular formula is C35H38O4. The number of hydrogen-bond acceptors (Lipinski definition) is 4. The number of carbonyl (C=O) groups excluding carboxylic acids is 1. The number of aryl methyl sites for hydroxylation is 2. The predicted octanol–water partition coefficient (Wildman–Crippen LogP) is 8.61. The summed E-state index contributed by atoms with van der Waals surface area (Å²) in [6, 6.07) is 32.8. The molecule has 4 aromatic carbocycles. The molecule has 39 heavy (non-hydrogen) atoms. The zero-order chi connectivity index (χ0) is 27.3. The zero-order valence-electron chi connectivity index (χ0n) is 23.0. The maximum atomic E-state index is 11.5. The summed E-state index contributed by atoms with van der Waals surface area (Å²) in [4.78, 5) is 11.5. The standard InChI is InChI=1S/C35H38O4/c1-3-11-31-26-34(39-32-20-17-30(18-21-32)28-13-6-4-7-14-28)22-19-29(31)15-8-5-9-23-38-33-16-10-12-27(24-33)25-35(36)37-2/h4,6-7,10,12-14,16-22,24,26H,3,5,8-9,11,15,23,25H2,1-2H3. The number of rotatable bonds is 14. The second-order valence-corrected chi connectivity index (χ2v) is 9.73. The maximum absolute atomic E-state index is 11.5. The molecule has 0 bridgehead atoms. The monoisotopic (exact) mass is 522 g/mol. The first kappa shape index (κ1) is 28.0. The number of hydrogen-bond donors (Lipinski definition) is 0. The lowest BCUT2D eigenvalue weighted by Gasteiger charge is -2.13. The third kappa shape index (κ3) is 8.75. The smallest absolute Gasteiger partial charge is 0.309 e. The summed E-state index contributed by atoms with van der Waals surface area (Å²) in [6.45, 7) is 2.89. The Labute approximate surface area is 232 Å². The molecule has 0 aromatic heterocycles. The van der Waals surface area contributed by atoms with Crippen molar-refractivity contribution in [1.29, 1.82) is 0 Å². The van der Waals surface area contributed by atoms with Gasteiger partial charge in [-0.25, -0.2) is 0 Å². The van der Waals surface area contributed by atoms with Crippen molar-refractivity contribution in [2.75, 3.05) is 13.7 Å². The van der Waals surface area contributed by atoms with Gasteiger partial charge in [0.1, 0.15) is 17.2 Å². The highest BCUT2D eigenvalue weighted by atomic mass is 16.5. The number of ether oxygens (including phenoxy) is 3. The van der Waals surface area contributed by atoms with Crippen molar-refractivity contribution in [3.05, 3.63) is 114 Å². The number of benzene rings is 4. The lowest BCUT2D eigenvalue weighted by atomic mass is 9.98. The molecule has 4 rings (SSSR count). The first-order valence-corrected chi connectivity index (χ1v) is 13.9. The number of esters is 1. The van der Waals surface area contributed by atoms with E-state index >= 15 is 0 Å². The second-order valence-electron chi connectivity index (χ2n) is 9.73. The van der Waals surface area contributed by atoms with Gasteiger partial charge in [-0.2, -0.15) is 0 Å². The van der Waals surface area contributed by atoms with E-state index in [1.54, 1.807) is 0 Å². The van der Waals surface area contributed by atoms with Gasteiger partial charge < -0.3 is 14.2 Å². The minimum absolute atomic E-state index is 0.244. The molecular weight excluding hydrogens is 484 g/mol. The summed E-state index contributed by atoms with van der Waals surface area (Å²) in [5, 5.41) is 0. The van der Waals surface area contributed by atoms with Crippen LogP contribution in [0.15, 0.2) is 97.1 Å². The van der Waals surface area contributed by atoms with Gasteiger partial charge in [0.2, 0.25) is 0 Å². The van der Waals surface area contributed by atoms with E-state index in [-0.39, 0.29) is 12.4 Å². The van der Waals surface area contributed by atoms with Crippen LogP contribution in [0.1, 0.15) is 49.3 Å². The average Bonchev–Trinajstić information content (AvgIpc) is 2.97. The SMILES string of the molecule is CCCc1cc(Oc2ccc(-c3ccccc3)cc2)ccc1CCCCCOc1cccc(CC(=O)OC)c1. The van der Waals surface area contributed by atoms with E-state index in [4.69, 9.17) is 14.2 Å². The summed E-state index contributed by atoms with van der Waals surface area (Å²) < 4.78 is 16.9. The van der Waals surface area contributed by atoms with Crippen LogP contribution in [0.2, 0.25) is 0 Å². The van der Waals surface area contributed by atoms with Gasteiger partial charge >= 0.3 is 5.97 Å². The van der Waals surface area contributed by atoms with Crippen LogP contribution in [0.3, 0.4) is 0 Å². The topological polar surface area (TPSA) is 44.8 Å². The van der Waals surface area contributed by atoms with E-state index in [0.717, 1.165) is 61.3 Å². The Bertz CT molecular complexity index is 1310. The Balaban J connectivity index is 1.24. The Morgan fingerprint density at radius 1 is 0.667 bits per heavy atom. The summed E-state index contributed by atoms with van der Waals surface area (Å²) in [7, 11) is 1.40. The van der Waals surface area contributed by atoms with Gasteiger partial charge in [-0.1, -0.05) is 74.0 Å². The molecule has 0 heterocycles. The van der Waals surface area contributed by atoms with Crippen molar-refractivity contribution in [3.63, 3.8) is 0 Å². The molecule has 202 valence electrons. The van der Waals surface area contributed by atoms with Gasteiger partial charge in [-0.3, -0.25) is 4.79 Å². The van der Waals surface area contributed by atoms with E-state index in [0.29, 0.717) is 6.61 Å². The van der Waals surface area contributed by atoms with E-state index in [1.807, 2.05) is 42.5 Å². The van der Waals surface area contributed by atoms with Crippen molar-refractivity contribution < 1.29 is 19.0 Å². The first-order valence-electron chi connectivity index (χ1n) is 13.9. The molecule has 0 aliphatic rings. The van der Waals surface area contributed by atoms with Gasteiger partial charge in [-0.05, 0) is 96.3 Å². The van der Waals surface area contributed by atoms with E-state index < -0.39 is 0 Å². The fourth-order valence-electron chi connectivity index (χ4n) is 4.66. The van der Waals surface area contributed by atoms with Gasteiger partial charge in [0.25, 0.3) is 0 Å². The minimum Gasteiger partial charge on any atom is -0.494 e. The van der Waals surface area contributed by atoms with Gasteiger partial charge in [0, 0.05) is 0 Å². The van der Waals surface area contributed by atoms with Crippen molar-refractivity contribution in [1.82, 2.24) is 0 Å². The third-order valence-corrected chi connectivity index (χ3v) is 6.73. The maximum Gasteiger partial charge on any atom is 0.309 e. The highest BCUT2D eigenvalue weighted by molar-refractivity contribution is 5.72. The Morgan fingerprint density at radius 3 is 2.21 bits per heavy atom. The van der Waals surface area contributed by atoms with Crippen LogP contribution >= 0.6 is 0 Å². The molecule has 0 fully saturated rings. The van der Waals surface area contributed by atoms with Crippen LogP contribution in [0.4, 0.5) is 0 Å². The number of methoxy groups -OCH3 is 1. The molecule has 0 radical (unpaired) electrons. The van der Waals surface area contributed by atoms with Gasteiger partial charge in [-0.15, -0.1) is 0 Å². The molecule has 4 aromatic rings. The quantitative estimate of drug-likeness (QED) is 0.123. The van der Waals surface area contributed by atoms with Gasteiger partial charge in [0.05, 0.1) is 20.1 Å². The number of carbonyl (C=O) groups is 1. The van der Waals surface area contributed by atoms with Crippen molar-refractivity contribution >= 4 is 5.97 Å². The molecule has 0 saturated heterocycles. The Hall–Kier alpha value is -4.05. The summed E-state index contributed by atoms with van der Waals surface area (Å²) in [5.41, 5.74) is 6.06. The minimum atomic E-state index is -0.244. The normalized spacial score (nSPS) is 10.7. The molecule has 0 saturated carbocycles. The Kier molecular flexibility index (Phi) is 10.6. The van der Waals surface area contributed by atoms with Crippen LogP contribution in [-0.2, 0) is 28.8 Å². The summed E-state index contributed by atoms with van der Waals surface area (Å²) >= 11 is 0. The van der Waals surface area contributed by atoms with Crippen molar-refractivity contribution in [3.8, 4) is 28.4 Å². The first-order chi connectivity index (χ1) is 19.1. The molecule has 0 unspecified atom stereocenters. The molecule has 0 spiro atoms. The Morgan fingerprint density at radius 2 is 1.44 bits per heavy atom. The molecule has 0 aliphatic heterocycles. The van der Waals surface area contributed by atoms with E-state index in [9.17, 15) is 4.79 Å². The molecule has 0 amide bonds. The van der Waals surface area contributed by atoms with E-state index in [2.05, 4.69) is 61.5 Å². The van der Waals surface area contributed by atoms with E-state index in [1.165, 1.54) is 29.4 Å². The summed E-state index contributed by atoms with van der Waals surface area (Å²) in [6.07, 6.45) is 6.66. The van der Waals surface area contributed by atoms with Crippen LogP contribution < -0.4 is 9.47 Å². The van der Waals surface area contributed by atoms with Crippen LogP contribution in [0, 0.1) is 0 Å². The lowest BCUT2D eigenvalue weighted by molar-refractivity contribution is -0.139. The predicted molar refractivity (Wildman–Crippen MR) is 158 cm³/mol. The van der Waals surface area contributed by atoms with Crippen molar-refractivity contribution in [2.24, 2.45) is 0 Å². The molecule has 0 aliphatic carbocycles. The zero-order valence-corrected chi connectivity index (χ0v) is 23.0. The fraction of sp³-hybridized carbons (Fsp3) is 0.286. The third-order valence-electron chi connectivity index (χ3n) is 6.73. The molecule has 4 nitrogen and oxygen atoms in total. The summed E-state index contributed by atoms with van der Waals surface area (Å²) in [5.74, 6) is 2.29. The van der Waals surface area contributed by atoms with Crippen LogP contribution in [0.25, 0.3) is 11.1 Å². The van der Waals surface area contributed by atoms with Crippen LogP contribution in [-0.4, -0.2) is 19.7 Å². The van der Waals surface area contributed by atoms with Crippen LogP contribution in [0.5, 0.6) is 17.2 Å². The number of unbranched alkanes of at least 4 members (excludes halogenated alkanes) is 2. The molecule has 0 atom stereocenters. The fourth-order valence-corrected chi connectivity index (χ4v) is 4.66. The lowest BCUT2D eigenvalue weighted by Crippen LogP contribution is -2.05. The molecule has 0 N–H and O–H groups in total. The highest BCUT2D eigenvalue weighted by Gasteiger charge is 2.07. The molecule has 4 heteroatoms. The van der Waals surface area contributed by atoms with Crippen molar-refractivity contribution in [2.45, 2.75) is 51.9 Å². The van der Waals surface area contributed by atoms with Gasteiger partial charge in [0.15, 0.2) is 0 Å².